The van der Waals surface area contributed by atoms with Crippen LogP contribution in [0.15, 0.2) is 53.5 Å². The summed E-state index contributed by atoms with van der Waals surface area (Å²) < 4.78 is 13.7. The fraction of sp³-hybridized carbons (Fsp3) is 0.176. The average molecular weight is 328 g/mol. The van der Waals surface area contributed by atoms with Crippen molar-refractivity contribution in [1.29, 1.82) is 0 Å². The third kappa shape index (κ3) is 3.27. The van der Waals surface area contributed by atoms with Crippen molar-refractivity contribution >= 4 is 27.5 Å². The first-order chi connectivity index (χ1) is 11.2. The van der Waals surface area contributed by atoms with Crippen LogP contribution in [0.3, 0.4) is 0 Å². The number of hydrogen-bond acceptors (Lipinski definition) is 4. The fourth-order valence-electron chi connectivity index (χ4n) is 2.20. The molecule has 0 atom stereocenters. The largest absolute Gasteiger partial charge is 0.493 e. The molecule has 6 heteroatoms. The molecule has 0 radical (unpaired) electrons. The molecular weight excluding hydrogens is 312 g/mol. The van der Waals surface area contributed by atoms with Crippen LogP contribution in [-0.2, 0) is 11.8 Å². The van der Waals surface area contributed by atoms with E-state index in [-0.39, 0.29) is 12.5 Å². The summed E-state index contributed by atoms with van der Waals surface area (Å²) in [6.07, 6.45) is 0. The maximum absolute atomic E-state index is 12.1. The van der Waals surface area contributed by atoms with E-state index >= 15 is 0 Å². The van der Waals surface area contributed by atoms with E-state index in [2.05, 4.69) is 4.99 Å². The van der Waals surface area contributed by atoms with Gasteiger partial charge in [-0.3, -0.25) is 4.79 Å². The van der Waals surface area contributed by atoms with Gasteiger partial charge in [0.25, 0.3) is 5.91 Å². The highest BCUT2D eigenvalue weighted by Gasteiger charge is 2.07. The van der Waals surface area contributed by atoms with Crippen LogP contribution >= 0.6 is 11.3 Å². The van der Waals surface area contributed by atoms with E-state index in [9.17, 15) is 4.79 Å². The minimum atomic E-state index is -0.335. The van der Waals surface area contributed by atoms with Crippen molar-refractivity contribution in [2.75, 3.05) is 13.7 Å². The molecule has 23 heavy (non-hydrogen) atoms. The highest BCUT2D eigenvalue weighted by Crippen LogP contribution is 2.25. The Kier molecular flexibility index (Phi) is 4.43. The van der Waals surface area contributed by atoms with E-state index in [0.29, 0.717) is 16.3 Å². The Bertz CT molecular complexity index is 911. The number of fused-ring (bicyclic) bond motifs is 1. The van der Waals surface area contributed by atoms with E-state index in [0.717, 1.165) is 10.2 Å². The second-order valence-corrected chi connectivity index (χ2v) is 5.87. The van der Waals surface area contributed by atoms with Crippen LogP contribution < -0.4 is 14.3 Å². The normalized spacial score (nSPS) is 11.7. The number of hydrogen-bond donors (Lipinski definition) is 0. The molecule has 2 aromatic carbocycles. The summed E-state index contributed by atoms with van der Waals surface area (Å²) in [5.41, 5.74) is 1.05. The minimum absolute atomic E-state index is 0.130. The van der Waals surface area contributed by atoms with Gasteiger partial charge < -0.3 is 14.0 Å². The predicted octanol–water partition coefficient (Wildman–Crippen LogP) is 2.75. The lowest BCUT2D eigenvalue weighted by molar-refractivity contribution is -0.120. The number of carbonyl (C=O) groups excluding carboxylic acids is 1. The first-order valence-corrected chi connectivity index (χ1v) is 7.88. The van der Waals surface area contributed by atoms with E-state index in [1.165, 1.54) is 11.3 Å². The van der Waals surface area contributed by atoms with Crippen LogP contribution in [-0.4, -0.2) is 24.2 Å². The molecule has 0 bridgehead atoms. The van der Waals surface area contributed by atoms with Gasteiger partial charge in [-0.15, -0.1) is 0 Å². The Morgan fingerprint density at radius 3 is 2.57 bits per heavy atom. The standard InChI is InChI=1S/C17H16N2O3S/c1-19-12-7-3-6-10-15(12)23-17(19)18-16(20)11-22-14-9-5-4-8-13(14)21-2/h3-10H,11H2,1-2H3. The topological polar surface area (TPSA) is 52.8 Å². The molecule has 0 unspecified atom stereocenters. The first kappa shape index (κ1) is 15.3. The van der Waals surface area contributed by atoms with Gasteiger partial charge in [0.2, 0.25) is 0 Å². The van der Waals surface area contributed by atoms with Gasteiger partial charge in [0, 0.05) is 7.05 Å². The monoisotopic (exact) mass is 328 g/mol. The smallest absolute Gasteiger partial charge is 0.286 e. The number of ether oxygens (including phenoxy) is 2. The second kappa shape index (κ2) is 6.66. The molecule has 0 saturated heterocycles. The zero-order valence-corrected chi connectivity index (χ0v) is 13.7. The lowest BCUT2D eigenvalue weighted by atomic mass is 10.3. The third-order valence-electron chi connectivity index (χ3n) is 3.36. The number of aryl methyl sites for hydroxylation is 1. The lowest BCUT2D eigenvalue weighted by Crippen LogP contribution is -2.17. The summed E-state index contributed by atoms with van der Waals surface area (Å²) in [4.78, 5) is 16.9. The van der Waals surface area contributed by atoms with E-state index in [1.54, 1.807) is 19.2 Å². The predicted molar refractivity (Wildman–Crippen MR) is 89.9 cm³/mol. The van der Waals surface area contributed by atoms with Crippen molar-refractivity contribution in [3.8, 4) is 11.5 Å². The van der Waals surface area contributed by atoms with E-state index < -0.39 is 0 Å². The van der Waals surface area contributed by atoms with Gasteiger partial charge in [-0.1, -0.05) is 35.6 Å². The molecule has 0 aliphatic rings. The lowest BCUT2D eigenvalue weighted by Gasteiger charge is -2.08. The molecule has 0 N–H and O–H groups in total. The zero-order valence-electron chi connectivity index (χ0n) is 12.9. The number of thiazole rings is 1. The van der Waals surface area contributed by atoms with Gasteiger partial charge in [-0.2, -0.15) is 4.99 Å². The number of rotatable bonds is 4. The number of methoxy groups -OCH3 is 1. The highest BCUT2D eigenvalue weighted by molar-refractivity contribution is 7.16. The Balaban J connectivity index is 1.79. The van der Waals surface area contributed by atoms with Crippen molar-refractivity contribution in [2.24, 2.45) is 12.0 Å². The summed E-state index contributed by atoms with van der Waals surface area (Å²) in [5.74, 6) is 0.782. The summed E-state index contributed by atoms with van der Waals surface area (Å²) in [5, 5.41) is 0. The van der Waals surface area contributed by atoms with Crippen LogP contribution in [0.4, 0.5) is 0 Å². The fourth-order valence-corrected chi connectivity index (χ4v) is 3.24. The Morgan fingerprint density at radius 2 is 1.83 bits per heavy atom. The molecule has 1 amide bonds. The maximum atomic E-state index is 12.1. The van der Waals surface area contributed by atoms with Crippen molar-refractivity contribution in [1.82, 2.24) is 4.57 Å². The first-order valence-electron chi connectivity index (χ1n) is 7.07. The number of amides is 1. The number of aromatic nitrogens is 1. The third-order valence-corrected chi connectivity index (χ3v) is 4.47. The zero-order chi connectivity index (χ0) is 16.2. The van der Waals surface area contributed by atoms with Gasteiger partial charge in [-0.25, -0.2) is 0 Å². The molecule has 3 rings (SSSR count). The van der Waals surface area contributed by atoms with Crippen molar-refractivity contribution in [3.63, 3.8) is 0 Å². The van der Waals surface area contributed by atoms with E-state index in [1.807, 2.05) is 48.0 Å². The SMILES string of the molecule is COc1ccccc1OCC(=O)N=c1sc2ccccc2n1C. The number of para-hydroxylation sites is 3. The van der Waals surface area contributed by atoms with Crippen molar-refractivity contribution in [3.05, 3.63) is 53.3 Å². The molecule has 0 fully saturated rings. The molecule has 0 saturated carbocycles. The quantitative estimate of drug-likeness (QED) is 0.740. The van der Waals surface area contributed by atoms with E-state index in [4.69, 9.17) is 9.47 Å². The van der Waals surface area contributed by atoms with Crippen LogP contribution in [0.25, 0.3) is 10.2 Å². The maximum Gasteiger partial charge on any atom is 0.286 e. The number of benzene rings is 2. The van der Waals surface area contributed by atoms with Crippen molar-refractivity contribution < 1.29 is 14.3 Å². The Morgan fingerprint density at radius 1 is 1.13 bits per heavy atom. The molecule has 5 nitrogen and oxygen atoms in total. The van der Waals surface area contributed by atoms with Crippen LogP contribution in [0.1, 0.15) is 0 Å². The van der Waals surface area contributed by atoms with Gasteiger partial charge >= 0.3 is 0 Å². The minimum Gasteiger partial charge on any atom is -0.493 e. The second-order valence-electron chi connectivity index (χ2n) is 4.86. The molecule has 1 heterocycles. The molecule has 0 aliphatic heterocycles. The number of nitrogens with zero attached hydrogens (tertiary/aromatic N) is 2. The van der Waals surface area contributed by atoms with Gasteiger partial charge in [0.05, 0.1) is 17.3 Å². The molecule has 3 aromatic rings. The molecular formula is C17H16N2O3S. The summed E-state index contributed by atoms with van der Waals surface area (Å²) in [6, 6.07) is 15.1. The number of carbonyl (C=O) groups is 1. The van der Waals surface area contributed by atoms with Gasteiger partial charge in [0.1, 0.15) is 0 Å². The van der Waals surface area contributed by atoms with Crippen LogP contribution in [0.2, 0.25) is 0 Å². The summed E-state index contributed by atoms with van der Waals surface area (Å²) in [7, 11) is 3.46. The van der Waals surface area contributed by atoms with Gasteiger partial charge in [-0.05, 0) is 24.3 Å². The van der Waals surface area contributed by atoms with Crippen LogP contribution in [0.5, 0.6) is 11.5 Å². The van der Waals surface area contributed by atoms with Crippen molar-refractivity contribution in [2.45, 2.75) is 0 Å². The van der Waals surface area contributed by atoms with Gasteiger partial charge in [0.15, 0.2) is 22.9 Å². The summed E-state index contributed by atoms with van der Waals surface area (Å²) in [6.45, 7) is -0.130. The molecule has 118 valence electrons. The molecule has 0 spiro atoms. The molecule has 1 aromatic heterocycles. The Hall–Kier alpha value is -2.60. The average Bonchev–Trinajstić information content (AvgIpc) is 2.89. The Labute approximate surface area is 137 Å². The molecule has 0 aliphatic carbocycles. The van der Waals surface area contributed by atoms with Crippen LogP contribution in [0, 0.1) is 0 Å². The summed E-state index contributed by atoms with van der Waals surface area (Å²) >= 11 is 1.48. The highest BCUT2D eigenvalue weighted by atomic mass is 32.1.